The van der Waals surface area contributed by atoms with E-state index in [1.165, 1.54) is 5.56 Å². The molecule has 36 heavy (non-hydrogen) atoms. The highest BCUT2D eigenvalue weighted by Gasteiger charge is 2.52. The molecule has 2 aromatic rings. The number of carbonyl (C=O) groups excluding carboxylic acids is 3. The van der Waals surface area contributed by atoms with Crippen LogP contribution in [0.4, 0.5) is 5.69 Å². The SMILES string of the molecule is CN1CCN(Cc2cccc(CNC(=O)CCN3C(=O)c4ccccc4N4C(=O)CCC34C)c2)CC1. The van der Waals surface area contributed by atoms with Gasteiger partial charge in [-0.25, -0.2) is 0 Å². The number of amides is 3. The van der Waals surface area contributed by atoms with Crippen molar-refractivity contribution in [3.63, 3.8) is 0 Å². The number of anilines is 1. The average Bonchev–Trinajstić information content (AvgIpc) is 3.19. The molecule has 1 unspecified atom stereocenters. The molecule has 0 bridgehead atoms. The number of fused-ring (bicyclic) bond motifs is 3. The Morgan fingerprint density at radius 1 is 1.00 bits per heavy atom. The first-order valence-electron chi connectivity index (χ1n) is 12.8. The fraction of sp³-hybridized carbons (Fsp3) is 0.464. The minimum Gasteiger partial charge on any atom is -0.352 e. The molecule has 3 aliphatic heterocycles. The lowest BCUT2D eigenvalue weighted by Gasteiger charge is -2.48. The fourth-order valence-corrected chi connectivity index (χ4v) is 5.65. The molecular weight excluding hydrogens is 454 g/mol. The van der Waals surface area contributed by atoms with Crippen LogP contribution in [0.1, 0.15) is 47.7 Å². The molecule has 5 rings (SSSR count). The van der Waals surface area contributed by atoms with Crippen LogP contribution in [0, 0.1) is 0 Å². The van der Waals surface area contributed by atoms with Crippen LogP contribution in [-0.2, 0) is 22.7 Å². The first kappa shape index (κ1) is 24.5. The molecule has 8 heteroatoms. The molecule has 1 atom stereocenters. The van der Waals surface area contributed by atoms with Gasteiger partial charge in [-0.2, -0.15) is 0 Å². The second kappa shape index (κ2) is 10.0. The molecule has 3 amide bonds. The van der Waals surface area contributed by atoms with Gasteiger partial charge in [-0.05, 0) is 43.7 Å². The predicted octanol–water partition coefficient (Wildman–Crippen LogP) is 2.44. The van der Waals surface area contributed by atoms with Crippen molar-refractivity contribution < 1.29 is 14.4 Å². The van der Waals surface area contributed by atoms with E-state index in [0.29, 0.717) is 30.6 Å². The van der Waals surface area contributed by atoms with Crippen molar-refractivity contribution in [3.05, 3.63) is 65.2 Å². The summed E-state index contributed by atoms with van der Waals surface area (Å²) in [7, 11) is 2.16. The zero-order chi connectivity index (χ0) is 25.3. The third-order valence-electron chi connectivity index (χ3n) is 7.79. The van der Waals surface area contributed by atoms with Crippen LogP contribution in [0.15, 0.2) is 48.5 Å². The van der Waals surface area contributed by atoms with Gasteiger partial charge in [-0.1, -0.05) is 36.4 Å². The Morgan fingerprint density at radius 2 is 1.75 bits per heavy atom. The Hall–Kier alpha value is -3.23. The summed E-state index contributed by atoms with van der Waals surface area (Å²) in [5.41, 5.74) is 2.77. The largest absolute Gasteiger partial charge is 0.352 e. The Balaban J connectivity index is 1.18. The minimum absolute atomic E-state index is 0.0170. The molecule has 8 nitrogen and oxygen atoms in total. The van der Waals surface area contributed by atoms with E-state index in [1.54, 1.807) is 15.9 Å². The molecule has 3 aliphatic rings. The van der Waals surface area contributed by atoms with Gasteiger partial charge >= 0.3 is 0 Å². The van der Waals surface area contributed by atoms with Gasteiger partial charge in [0.15, 0.2) is 0 Å². The summed E-state index contributed by atoms with van der Waals surface area (Å²) in [5.74, 6) is -0.211. The lowest BCUT2D eigenvalue weighted by atomic mass is 9.98. The van der Waals surface area contributed by atoms with E-state index in [-0.39, 0.29) is 30.7 Å². The number of hydrogen-bond donors (Lipinski definition) is 1. The number of para-hydroxylation sites is 1. The Kier molecular flexibility index (Phi) is 6.81. The molecule has 0 spiro atoms. The molecule has 3 heterocycles. The summed E-state index contributed by atoms with van der Waals surface area (Å²) in [4.78, 5) is 47.0. The standard InChI is InChI=1S/C28H35N5O3/c1-28-12-10-26(35)33(28)24-9-4-3-8-23(24)27(36)32(28)13-11-25(34)29-19-21-6-5-7-22(18-21)20-31-16-14-30(2)15-17-31/h3-9,18H,10-17,19-20H2,1-2H3,(H,29,34). The monoisotopic (exact) mass is 489 g/mol. The molecule has 0 saturated carbocycles. The van der Waals surface area contributed by atoms with Crippen LogP contribution in [0.5, 0.6) is 0 Å². The van der Waals surface area contributed by atoms with Crippen LogP contribution in [0.3, 0.4) is 0 Å². The van der Waals surface area contributed by atoms with Crippen molar-refractivity contribution in [3.8, 4) is 0 Å². The number of nitrogens with zero attached hydrogens (tertiary/aromatic N) is 4. The fourth-order valence-electron chi connectivity index (χ4n) is 5.65. The van der Waals surface area contributed by atoms with E-state index >= 15 is 0 Å². The van der Waals surface area contributed by atoms with E-state index in [0.717, 1.165) is 38.3 Å². The lowest BCUT2D eigenvalue weighted by Crippen LogP contribution is -2.62. The van der Waals surface area contributed by atoms with Gasteiger partial charge in [0.1, 0.15) is 5.66 Å². The van der Waals surface area contributed by atoms with Gasteiger partial charge in [0.2, 0.25) is 11.8 Å². The molecule has 0 radical (unpaired) electrons. The Labute approximate surface area is 212 Å². The number of carbonyl (C=O) groups is 3. The summed E-state index contributed by atoms with van der Waals surface area (Å²) in [6.45, 7) is 7.88. The van der Waals surface area contributed by atoms with Crippen molar-refractivity contribution in [1.29, 1.82) is 0 Å². The molecule has 190 valence electrons. The second-order valence-electron chi connectivity index (χ2n) is 10.3. The summed E-state index contributed by atoms with van der Waals surface area (Å²) in [6, 6.07) is 15.6. The van der Waals surface area contributed by atoms with Gasteiger partial charge in [0, 0.05) is 58.7 Å². The molecule has 0 aliphatic carbocycles. The quantitative estimate of drug-likeness (QED) is 0.647. The summed E-state index contributed by atoms with van der Waals surface area (Å²) < 4.78 is 0. The van der Waals surface area contributed by atoms with E-state index in [4.69, 9.17) is 0 Å². The highest BCUT2D eigenvalue weighted by Crippen LogP contribution is 2.43. The number of rotatable bonds is 7. The first-order chi connectivity index (χ1) is 17.3. The first-order valence-corrected chi connectivity index (χ1v) is 12.8. The van der Waals surface area contributed by atoms with Gasteiger partial charge in [-0.15, -0.1) is 0 Å². The second-order valence-corrected chi connectivity index (χ2v) is 10.3. The third-order valence-corrected chi connectivity index (χ3v) is 7.79. The van der Waals surface area contributed by atoms with Gasteiger partial charge < -0.3 is 15.1 Å². The van der Waals surface area contributed by atoms with Crippen LogP contribution in [0.2, 0.25) is 0 Å². The summed E-state index contributed by atoms with van der Waals surface area (Å²) >= 11 is 0. The maximum absolute atomic E-state index is 13.3. The number of benzene rings is 2. The number of likely N-dealkylation sites (N-methyl/N-ethyl adjacent to an activating group) is 1. The minimum atomic E-state index is -0.736. The number of piperazine rings is 1. The molecule has 1 N–H and O–H groups in total. The van der Waals surface area contributed by atoms with Crippen LogP contribution in [0.25, 0.3) is 0 Å². The smallest absolute Gasteiger partial charge is 0.257 e. The topological polar surface area (TPSA) is 76.2 Å². The maximum Gasteiger partial charge on any atom is 0.257 e. The van der Waals surface area contributed by atoms with Gasteiger partial charge in [0.25, 0.3) is 5.91 Å². The maximum atomic E-state index is 13.3. The van der Waals surface area contributed by atoms with Crippen molar-refractivity contribution in [2.24, 2.45) is 0 Å². The lowest BCUT2D eigenvalue weighted by molar-refractivity contribution is -0.121. The molecule has 2 aromatic carbocycles. The van der Waals surface area contributed by atoms with Gasteiger partial charge in [-0.3, -0.25) is 24.2 Å². The normalized spacial score (nSPS) is 22.5. The van der Waals surface area contributed by atoms with Crippen LogP contribution < -0.4 is 10.2 Å². The predicted molar refractivity (Wildman–Crippen MR) is 138 cm³/mol. The number of nitrogens with one attached hydrogen (secondary N) is 1. The molecule has 0 aromatic heterocycles. The molecule has 2 fully saturated rings. The molecular formula is C28H35N5O3. The van der Waals surface area contributed by atoms with E-state index in [2.05, 4.69) is 34.3 Å². The van der Waals surface area contributed by atoms with Crippen LogP contribution in [-0.4, -0.2) is 77.9 Å². The zero-order valence-electron chi connectivity index (χ0n) is 21.2. The summed E-state index contributed by atoms with van der Waals surface area (Å²) in [5, 5.41) is 3.01. The van der Waals surface area contributed by atoms with E-state index in [1.807, 2.05) is 37.3 Å². The van der Waals surface area contributed by atoms with Crippen LogP contribution >= 0.6 is 0 Å². The number of hydrogen-bond acceptors (Lipinski definition) is 5. The highest BCUT2D eigenvalue weighted by atomic mass is 16.2. The van der Waals surface area contributed by atoms with Crippen molar-refractivity contribution in [1.82, 2.24) is 20.0 Å². The zero-order valence-corrected chi connectivity index (χ0v) is 21.2. The van der Waals surface area contributed by atoms with E-state index < -0.39 is 5.66 Å². The third kappa shape index (κ3) is 4.75. The average molecular weight is 490 g/mol. The van der Waals surface area contributed by atoms with Gasteiger partial charge in [0.05, 0.1) is 11.3 Å². The van der Waals surface area contributed by atoms with Crippen molar-refractivity contribution in [2.75, 3.05) is 44.7 Å². The van der Waals surface area contributed by atoms with Crippen molar-refractivity contribution >= 4 is 23.4 Å². The van der Waals surface area contributed by atoms with Crippen molar-refractivity contribution in [2.45, 2.75) is 44.9 Å². The van der Waals surface area contributed by atoms with E-state index in [9.17, 15) is 14.4 Å². The highest BCUT2D eigenvalue weighted by molar-refractivity contribution is 6.10. The Morgan fingerprint density at radius 3 is 2.56 bits per heavy atom. The Bertz CT molecular complexity index is 1160. The summed E-state index contributed by atoms with van der Waals surface area (Å²) in [6.07, 6.45) is 1.14. The molecule has 2 saturated heterocycles.